The summed E-state index contributed by atoms with van der Waals surface area (Å²) >= 11 is 8.41. The van der Waals surface area contributed by atoms with E-state index >= 15 is 0 Å². The van der Waals surface area contributed by atoms with Crippen molar-refractivity contribution in [3.05, 3.63) is 28.8 Å². The normalized spacial score (nSPS) is 11.2. The highest BCUT2D eigenvalue weighted by Gasteiger charge is 2.20. The maximum absolute atomic E-state index is 12.2. The summed E-state index contributed by atoms with van der Waals surface area (Å²) in [6, 6.07) is 5.05. The Morgan fingerprint density at radius 1 is 1.33 bits per heavy atom. The van der Waals surface area contributed by atoms with E-state index in [4.69, 9.17) is 11.6 Å². The summed E-state index contributed by atoms with van der Waals surface area (Å²) in [6.07, 6.45) is 1.51. The van der Waals surface area contributed by atoms with Gasteiger partial charge in [-0.15, -0.1) is 10.2 Å². The SMILES string of the molecule is COC(=O)CSc1nnc(NC(=O)CCCN(c2cccc(Cl)c2C)S(C)(=O)=O)s1. The molecule has 1 amide bonds. The number of ether oxygens (including phenoxy) is 1. The number of hydrogen-bond donors (Lipinski definition) is 1. The fourth-order valence-electron chi connectivity index (χ4n) is 2.39. The number of sulfonamides is 1. The fraction of sp³-hybridized carbons (Fsp3) is 0.412. The Morgan fingerprint density at radius 2 is 2.07 bits per heavy atom. The van der Waals surface area contributed by atoms with Gasteiger partial charge in [0, 0.05) is 18.0 Å². The molecular formula is C17H21ClN4O5S3. The number of benzene rings is 1. The third-order valence-corrected chi connectivity index (χ3v) is 7.40. The molecule has 0 unspecified atom stereocenters. The second-order valence-corrected chi connectivity index (χ2v) is 10.6. The largest absolute Gasteiger partial charge is 0.468 e. The molecule has 2 rings (SSSR count). The number of nitrogens with one attached hydrogen (secondary N) is 1. The van der Waals surface area contributed by atoms with Crippen LogP contribution >= 0.6 is 34.7 Å². The van der Waals surface area contributed by atoms with Crippen LogP contribution in [-0.2, 0) is 24.3 Å². The number of nitrogens with zero attached hydrogens (tertiary/aromatic N) is 3. The maximum atomic E-state index is 12.2. The molecule has 0 atom stereocenters. The van der Waals surface area contributed by atoms with E-state index in [2.05, 4.69) is 20.3 Å². The molecule has 0 radical (unpaired) electrons. The van der Waals surface area contributed by atoms with Crippen molar-refractivity contribution in [2.75, 3.05) is 35.3 Å². The van der Waals surface area contributed by atoms with E-state index in [-0.39, 0.29) is 30.6 Å². The van der Waals surface area contributed by atoms with E-state index in [9.17, 15) is 18.0 Å². The van der Waals surface area contributed by atoms with Gasteiger partial charge in [0.15, 0.2) is 4.34 Å². The first-order valence-corrected chi connectivity index (χ1v) is 12.7. The molecule has 1 aromatic carbocycles. The molecule has 1 N–H and O–H groups in total. The molecule has 0 fully saturated rings. The molecule has 1 aromatic heterocycles. The number of rotatable bonds is 10. The van der Waals surface area contributed by atoms with Crippen LogP contribution in [0.1, 0.15) is 18.4 Å². The van der Waals surface area contributed by atoms with Gasteiger partial charge in [0.1, 0.15) is 0 Å². The number of anilines is 2. The summed E-state index contributed by atoms with van der Waals surface area (Å²) in [5.74, 6) is -0.596. The van der Waals surface area contributed by atoms with E-state index in [0.29, 0.717) is 32.2 Å². The first-order chi connectivity index (χ1) is 14.1. The van der Waals surface area contributed by atoms with E-state index < -0.39 is 10.0 Å². The predicted octanol–water partition coefficient (Wildman–Crippen LogP) is 2.95. The van der Waals surface area contributed by atoms with Crippen LogP contribution in [0.15, 0.2) is 22.5 Å². The van der Waals surface area contributed by atoms with Crippen LogP contribution < -0.4 is 9.62 Å². The van der Waals surface area contributed by atoms with Gasteiger partial charge < -0.3 is 10.1 Å². The summed E-state index contributed by atoms with van der Waals surface area (Å²) in [4.78, 5) is 23.3. The Balaban J connectivity index is 1.91. The Hall–Kier alpha value is -1.89. The van der Waals surface area contributed by atoms with Crippen molar-refractivity contribution in [2.45, 2.75) is 24.1 Å². The molecule has 2 aromatic rings. The molecule has 1 heterocycles. The van der Waals surface area contributed by atoms with Gasteiger partial charge in [-0.1, -0.05) is 40.8 Å². The summed E-state index contributed by atoms with van der Waals surface area (Å²) in [5.41, 5.74) is 1.14. The second-order valence-electron chi connectivity index (χ2n) is 6.11. The Labute approximate surface area is 188 Å². The zero-order valence-corrected chi connectivity index (χ0v) is 19.8. The molecule has 9 nitrogen and oxygen atoms in total. The third kappa shape index (κ3) is 7.11. The molecule has 0 saturated heterocycles. The lowest BCUT2D eigenvalue weighted by Gasteiger charge is -2.24. The van der Waals surface area contributed by atoms with Crippen LogP contribution in [0.2, 0.25) is 5.02 Å². The van der Waals surface area contributed by atoms with Crippen molar-refractivity contribution in [1.82, 2.24) is 10.2 Å². The Kier molecular flexibility index (Phi) is 8.89. The lowest BCUT2D eigenvalue weighted by atomic mass is 10.2. The number of carbonyl (C=O) groups is 2. The van der Waals surface area contributed by atoms with Gasteiger partial charge >= 0.3 is 5.97 Å². The quantitative estimate of drug-likeness (QED) is 0.305. The van der Waals surface area contributed by atoms with Crippen molar-refractivity contribution in [1.29, 1.82) is 0 Å². The van der Waals surface area contributed by atoms with Gasteiger partial charge in [-0.05, 0) is 31.0 Å². The van der Waals surface area contributed by atoms with Gasteiger partial charge in [-0.25, -0.2) is 8.42 Å². The van der Waals surface area contributed by atoms with Crippen molar-refractivity contribution >= 4 is 67.4 Å². The molecular weight excluding hydrogens is 472 g/mol. The number of methoxy groups -OCH3 is 1. The summed E-state index contributed by atoms with van der Waals surface area (Å²) in [7, 11) is -2.25. The van der Waals surface area contributed by atoms with Gasteiger partial charge in [0.05, 0.1) is 24.8 Å². The zero-order valence-electron chi connectivity index (χ0n) is 16.5. The van der Waals surface area contributed by atoms with Crippen LogP contribution in [0, 0.1) is 6.92 Å². The van der Waals surface area contributed by atoms with Crippen molar-refractivity contribution in [3.8, 4) is 0 Å². The lowest BCUT2D eigenvalue weighted by molar-refractivity contribution is -0.137. The van der Waals surface area contributed by atoms with Crippen molar-refractivity contribution in [2.24, 2.45) is 0 Å². The Morgan fingerprint density at radius 3 is 2.73 bits per heavy atom. The van der Waals surface area contributed by atoms with Gasteiger partial charge in [-0.3, -0.25) is 13.9 Å². The van der Waals surface area contributed by atoms with Crippen molar-refractivity contribution in [3.63, 3.8) is 0 Å². The van der Waals surface area contributed by atoms with E-state index in [1.165, 1.54) is 11.4 Å². The Bertz CT molecular complexity index is 1010. The monoisotopic (exact) mass is 492 g/mol. The smallest absolute Gasteiger partial charge is 0.316 e. The number of hydrogen-bond acceptors (Lipinski definition) is 9. The van der Waals surface area contributed by atoms with Crippen LogP contribution in [-0.4, -0.2) is 56.2 Å². The molecule has 0 aliphatic heterocycles. The van der Waals surface area contributed by atoms with E-state index in [0.717, 1.165) is 29.4 Å². The molecule has 0 bridgehead atoms. The minimum absolute atomic E-state index is 0.0931. The van der Waals surface area contributed by atoms with Crippen LogP contribution in [0.3, 0.4) is 0 Å². The highest BCUT2D eigenvalue weighted by Crippen LogP contribution is 2.29. The van der Waals surface area contributed by atoms with Crippen LogP contribution in [0.5, 0.6) is 0 Å². The minimum atomic E-state index is -3.54. The lowest BCUT2D eigenvalue weighted by Crippen LogP contribution is -2.32. The minimum Gasteiger partial charge on any atom is -0.468 e. The first kappa shape index (κ1) is 24.4. The predicted molar refractivity (Wildman–Crippen MR) is 119 cm³/mol. The summed E-state index contributed by atoms with van der Waals surface area (Å²) < 4.78 is 30.8. The highest BCUT2D eigenvalue weighted by atomic mass is 35.5. The highest BCUT2D eigenvalue weighted by molar-refractivity contribution is 8.01. The molecule has 164 valence electrons. The first-order valence-electron chi connectivity index (χ1n) is 8.67. The average molecular weight is 493 g/mol. The molecule has 0 aliphatic rings. The molecule has 0 aliphatic carbocycles. The second kappa shape index (κ2) is 10.9. The van der Waals surface area contributed by atoms with Crippen LogP contribution in [0.4, 0.5) is 10.8 Å². The van der Waals surface area contributed by atoms with Gasteiger partial charge in [0.2, 0.25) is 21.1 Å². The number of esters is 1. The summed E-state index contributed by atoms with van der Waals surface area (Å²) in [5, 5.41) is 11.1. The third-order valence-electron chi connectivity index (χ3n) is 3.87. The standard InChI is InChI=1S/C17H21ClN4O5S3/c1-11-12(18)6-4-7-13(11)22(30(3,25)26)9-5-8-14(23)19-16-20-21-17(29-16)28-10-15(24)27-2/h4,6-7H,5,8-10H2,1-3H3,(H,19,20,23). The van der Waals surface area contributed by atoms with E-state index in [1.54, 1.807) is 25.1 Å². The van der Waals surface area contributed by atoms with Gasteiger partial charge in [0.25, 0.3) is 0 Å². The number of thioether (sulfide) groups is 1. The van der Waals surface area contributed by atoms with Crippen molar-refractivity contribution < 1.29 is 22.7 Å². The summed E-state index contributed by atoms with van der Waals surface area (Å²) in [6.45, 7) is 1.87. The molecule has 0 spiro atoms. The number of amides is 1. The zero-order chi connectivity index (χ0) is 22.3. The molecule has 13 heteroatoms. The van der Waals surface area contributed by atoms with Crippen LogP contribution in [0.25, 0.3) is 0 Å². The van der Waals surface area contributed by atoms with E-state index in [1.807, 2.05) is 0 Å². The number of halogens is 1. The number of aromatic nitrogens is 2. The maximum Gasteiger partial charge on any atom is 0.316 e. The molecule has 30 heavy (non-hydrogen) atoms. The van der Waals surface area contributed by atoms with Gasteiger partial charge in [-0.2, -0.15) is 0 Å². The molecule has 0 saturated carbocycles. The fourth-order valence-corrected chi connectivity index (χ4v) is 5.18. The topological polar surface area (TPSA) is 119 Å². The average Bonchev–Trinajstić information content (AvgIpc) is 3.12. The number of carbonyl (C=O) groups excluding carboxylic acids is 2.